The van der Waals surface area contributed by atoms with Crippen molar-refractivity contribution in [2.75, 3.05) is 24.7 Å². The van der Waals surface area contributed by atoms with Gasteiger partial charge in [0.2, 0.25) is 0 Å². The number of aliphatic hydroxyl groups is 1. The molecule has 98 valence electrons. The van der Waals surface area contributed by atoms with Crippen molar-refractivity contribution in [3.63, 3.8) is 0 Å². The second kappa shape index (κ2) is 5.87. The van der Waals surface area contributed by atoms with Crippen molar-refractivity contribution in [3.8, 4) is 0 Å². The minimum atomic E-state index is -0.288. The highest BCUT2D eigenvalue weighted by Gasteiger charge is 2.23. The lowest BCUT2D eigenvalue weighted by atomic mass is 10.1. The fourth-order valence-electron chi connectivity index (χ4n) is 2.37. The van der Waals surface area contributed by atoms with Crippen LogP contribution in [0.25, 0.3) is 0 Å². The SMILES string of the molecule is CCOC(=O)c1ccc(N2CCC[C@@H]2CO)cc1. The van der Waals surface area contributed by atoms with Gasteiger partial charge < -0.3 is 14.7 Å². The maximum Gasteiger partial charge on any atom is 0.338 e. The molecule has 0 bridgehead atoms. The Hall–Kier alpha value is -1.55. The normalized spacial score (nSPS) is 19.0. The third-order valence-corrected chi connectivity index (χ3v) is 3.30. The van der Waals surface area contributed by atoms with Gasteiger partial charge in [0.15, 0.2) is 0 Å². The van der Waals surface area contributed by atoms with Gasteiger partial charge in [0.05, 0.1) is 24.8 Å². The summed E-state index contributed by atoms with van der Waals surface area (Å²) in [6.07, 6.45) is 2.13. The predicted molar refractivity (Wildman–Crippen MR) is 69.9 cm³/mol. The molecule has 1 atom stereocenters. The van der Waals surface area contributed by atoms with Gasteiger partial charge in [-0.1, -0.05) is 0 Å². The van der Waals surface area contributed by atoms with Crippen LogP contribution < -0.4 is 4.90 Å². The van der Waals surface area contributed by atoms with E-state index in [1.54, 1.807) is 19.1 Å². The summed E-state index contributed by atoms with van der Waals surface area (Å²) in [4.78, 5) is 13.7. The lowest BCUT2D eigenvalue weighted by Crippen LogP contribution is -2.31. The number of rotatable bonds is 4. The van der Waals surface area contributed by atoms with E-state index in [1.165, 1.54) is 0 Å². The smallest absolute Gasteiger partial charge is 0.338 e. The van der Waals surface area contributed by atoms with Gasteiger partial charge in [-0.25, -0.2) is 4.79 Å². The van der Waals surface area contributed by atoms with E-state index in [-0.39, 0.29) is 18.6 Å². The number of benzene rings is 1. The van der Waals surface area contributed by atoms with E-state index in [2.05, 4.69) is 4.90 Å². The molecule has 1 N–H and O–H groups in total. The second-order valence-corrected chi connectivity index (χ2v) is 4.44. The van der Waals surface area contributed by atoms with Crippen LogP contribution in [0.1, 0.15) is 30.1 Å². The molecule has 18 heavy (non-hydrogen) atoms. The van der Waals surface area contributed by atoms with E-state index in [4.69, 9.17) is 4.74 Å². The molecule has 1 saturated heterocycles. The molecular formula is C14H19NO3. The Kier molecular flexibility index (Phi) is 4.20. The summed E-state index contributed by atoms with van der Waals surface area (Å²) in [6, 6.07) is 7.60. The lowest BCUT2D eigenvalue weighted by molar-refractivity contribution is 0.0526. The third-order valence-electron chi connectivity index (χ3n) is 3.30. The van der Waals surface area contributed by atoms with Crippen LogP contribution >= 0.6 is 0 Å². The first-order valence-corrected chi connectivity index (χ1v) is 6.41. The fourth-order valence-corrected chi connectivity index (χ4v) is 2.37. The van der Waals surface area contributed by atoms with E-state index in [0.717, 1.165) is 25.1 Å². The van der Waals surface area contributed by atoms with E-state index in [9.17, 15) is 9.90 Å². The first kappa shape index (κ1) is 12.9. The highest BCUT2D eigenvalue weighted by molar-refractivity contribution is 5.89. The van der Waals surface area contributed by atoms with E-state index in [0.29, 0.717) is 12.2 Å². The van der Waals surface area contributed by atoms with Gasteiger partial charge in [0, 0.05) is 12.2 Å². The Labute approximate surface area is 107 Å². The van der Waals surface area contributed by atoms with Crippen LogP contribution in [0.4, 0.5) is 5.69 Å². The zero-order chi connectivity index (χ0) is 13.0. The summed E-state index contributed by atoms with van der Waals surface area (Å²) in [6.45, 7) is 3.32. The van der Waals surface area contributed by atoms with Crippen molar-refractivity contribution >= 4 is 11.7 Å². The van der Waals surface area contributed by atoms with Crippen molar-refractivity contribution in [3.05, 3.63) is 29.8 Å². The number of esters is 1. The van der Waals surface area contributed by atoms with Gasteiger partial charge in [-0.2, -0.15) is 0 Å². The molecule has 4 nitrogen and oxygen atoms in total. The Morgan fingerprint density at radius 3 is 2.78 bits per heavy atom. The van der Waals surface area contributed by atoms with E-state index >= 15 is 0 Å². The van der Waals surface area contributed by atoms with E-state index in [1.807, 2.05) is 12.1 Å². The first-order chi connectivity index (χ1) is 8.76. The minimum Gasteiger partial charge on any atom is -0.462 e. The molecule has 0 spiro atoms. The maximum absolute atomic E-state index is 11.5. The van der Waals surface area contributed by atoms with Crippen molar-refractivity contribution < 1.29 is 14.6 Å². The molecule has 0 aliphatic carbocycles. The molecule has 1 aromatic rings. The van der Waals surface area contributed by atoms with Crippen LogP contribution in [0.15, 0.2) is 24.3 Å². The Morgan fingerprint density at radius 2 is 2.17 bits per heavy atom. The van der Waals surface area contributed by atoms with Crippen molar-refractivity contribution in [2.24, 2.45) is 0 Å². The molecule has 2 rings (SSSR count). The van der Waals surface area contributed by atoms with Gasteiger partial charge in [-0.05, 0) is 44.0 Å². The number of hydrogen-bond donors (Lipinski definition) is 1. The summed E-state index contributed by atoms with van der Waals surface area (Å²) >= 11 is 0. The van der Waals surface area contributed by atoms with Gasteiger partial charge in [0.1, 0.15) is 0 Å². The Balaban J connectivity index is 2.10. The summed E-state index contributed by atoms with van der Waals surface area (Å²) in [5.41, 5.74) is 1.62. The molecular weight excluding hydrogens is 230 g/mol. The van der Waals surface area contributed by atoms with Crippen LogP contribution in [0.2, 0.25) is 0 Å². The number of carbonyl (C=O) groups excluding carboxylic acids is 1. The van der Waals surface area contributed by atoms with Crippen molar-refractivity contribution in [2.45, 2.75) is 25.8 Å². The molecule has 0 aromatic heterocycles. The maximum atomic E-state index is 11.5. The molecule has 1 aliphatic rings. The summed E-state index contributed by atoms with van der Waals surface area (Å²) in [5, 5.41) is 9.29. The van der Waals surface area contributed by atoms with Crippen LogP contribution in [0, 0.1) is 0 Å². The van der Waals surface area contributed by atoms with Crippen LogP contribution in [-0.4, -0.2) is 36.9 Å². The minimum absolute atomic E-state index is 0.180. The number of anilines is 1. The molecule has 1 heterocycles. The van der Waals surface area contributed by atoms with Crippen LogP contribution in [0.3, 0.4) is 0 Å². The number of carbonyl (C=O) groups is 1. The van der Waals surface area contributed by atoms with Crippen molar-refractivity contribution in [1.82, 2.24) is 0 Å². The standard InChI is InChI=1S/C14H19NO3/c1-2-18-14(17)11-5-7-12(8-6-11)15-9-3-4-13(15)10-16/h5-8,13,16H,2-4,9-10H2,1H3/t13-/m1/s1. The number of nitrogens with zero attached hydrogens (tertiary/aromatic N) is 1. The van der Waals surface area contributed by atoms with Crippen molar-refractivity contribution in [1.29, 1.82) is 0 Å². The fraction of sp³-hybridized carbons (Fsp3) is 0.500. The van der Waals surface area contributed by atoms with E-state index < -0.39 is 0 Å². The van der Waals surface area contributed by atoms with Gasteiger partial charge in [0.25, 0.3) is 0 Å². The summed E-state index contributed by atoms with van der Waals surface area (Å²) in [7, 11) is 0. The van der Waals surface area contributed by atoms with Crippen LogP contribution in [0.5, 0.6) is 0 Å². The number of hydrogen-bond acceptors (Lipinski definition) is 4. The van der Waals surface area contributed by atoms with Crippen LogP contribution in [-0.2, 0) is 4.74 Å². The largest absolute Gasteiger partial charge is 0.462 e. The zero-order valence-electron chi connectivity index (χ0n) is 10.6. The molecule has 0 radical (unpaired) electrons. The Bertz CT molecular complexity index is 402. The molecule has 4 heteroatoms. The molecule has 1 fully saturated rings. The summed E-state index contributed by atoms with van der Waals surface area (Å²) in [5.74, 6) is -0.288. The third kappa shape index (κ3) is 2.64. The second-order valence-electron chi connectivity index (χ2n) is 4.44. The quantitative estimate of drug-likeness (QED) is 0.827. The predicted octanol–water partition coefficient (Wildman–Crippen LogP) is 1.82. The highest BCUT2D eigenvalue weighted by Crippen LogP contribution is 2.25. The first-order valence-electron chi connectivity index (χ1n) is 6.41. The van der Waals surface area contributed by atoms with Gasteiger partial charge in [-0.3, -0.25) is 0 Å². The Morgan fingerprint density at radius 1 is 1.44 bits per heavy atom. The molecule has 1 aromatic carbocycles. The summed E-state index contributed by atoms with van der Waals surface area (Å²) < 4.78 is 4.94. The average molecular weight is 249 g/mol. The van der Waals surface area contributed by atoms with Gasteiger partial charge in [-0.15, -0.1) is 0 Å². The molecule has 1 aliphatic heterocycles. The molecule has 0 amide bonds. The molecule has 0 unspecified atom stereocenters. The average Bonchev–Trinajstić information content (AvgIpc) is 2.87. The topological polar surface area (TPSA) is 49.8 Å². The zero-order valence-corrected chi connectivity index (χ0v) is 10.6. The monoisotopic (exact) mass is 249 g/mol. The number of ether oxygens (including phenoxy) is 1. The molecule has 0 saturated carbocycles. The van der Waals surface area contributed by atoms with Gasteiger partial charge >= 0.3 is 5.97 Å². The highest BCUT2D eigenvalue weighted by atomic mass is 16.5. The number of aliphatic hydroxyl groups excluding tert-OH is 1. The lowest BCUT2D eigenvalue weighted by Gasteiger charge is -2.25.